The van der Waals surface area contributed by atoms with Crippen LogP contribution < -0.4 is 4.74 Å². The summed E-state index contributed by atoms with van der Waals surface area (Å²) in [5.74, 6) is -1.45. The maximum absolute atomic E-state index is 13.2. The van der Waals surface area contributed by atoms with Crippen molar-refractivity contribution < 1.29 is 29.1 Å². The molecule has 2 aliphatic rings. The van der Waals surface area contributed by atoms with Crippen LogP contribution in [-0.4, -0.2) is 78.0 Å². The van der Waals surface area contributed by atoms with Crippen molar-refractivity contribution in [3.63, 3.8) is 0 Å². The van der Waals surface area contributed by atoms with E-state index in [1.165, 1.54) is 30.2 Å². The second kappa shape index (κ2) is 10.7. The van der Waals surface area contributed by atoms with Gasteiger partial charge in [0.05, 0.1) is 36.9 Å². The highest BCUT2D eigenvalue weighted by Crippen LogP contribution is 2.40. The molecule has 1 atom stereocenters. The second-order valence-electron chi connectivity index (χ2n) is 8.38. The van der Waals surface area contributed by atoms with Crippen LogP contribution in [0.3, 0.4) is 0 Å². The number of nitrogens with zero attached hydrogens (tertiary/aromatic N) is 3. The summed E-state index contributed by atoms with van der Waals surface area (Å²) in [6.07, 6.45) is 0.595. The van der Waals surface area contributed by atoms with Gasteiger partial charge in [-0.1, -0.05) is 24.3 Å². The Hall–Kier alpha value is -3.76. The first-order valence-electron chi connectivity index (χ1n) is 11.4. The molecule has 0 spiro atoms. The lowest BCUT2D eigenvalue weighted by molar-refractivity contribution is -0.384. The lowest BCUT2D eigenvalue weighted by Gasteiger charge is -2.29. The van der Waals surface area contributed by atoms with Crippen molar-refractivity contribution >= 4 is 23.1 Å². The monoisotopic (exact) mass is 481 g/mol. The molecule has 1 amide bonds. The molecule has 2 fully saturated rings. The number of methoxy groups -OCH3 is 1. The predicted octanol–water partition coefficient (Wildman–Crippen LogP) is 2.75. The first-order valence-corrected chi connectivity index (χ1v) is 11.4. The molecule has 2 saturated heterocycles. The molecule has 0 saturated carbocycles. The van der Waals surface area contributed by atoms with E-state index in [1.54, 1.807) is 30.3 Å². The highest BCUT2D eigenvalue weighted by molar-refractivity contribution is 6.46. The van der Waals surface area contributed by atoms with Crippen molar-refractivity contribution in [3.8, 4) is 5.75 Å². The molecule has 0 aromatic heterocycles. The van der Waals surface area contributed by atoms with Gasteiger partial charge in [0.25, 0.3) is 17.4 Å². The molecule has 0 aliphatic carbocycles. The van der Waals surface area contributed by atoms with Crippen molar-refractivity contribution in [3.05, 3.63) is 75.3 Å². The Labute approximate surface area is 202 Å². The summed E-state index contributed by atoms with van der Waals surface area (Å²) in [4.78, 5) is 40.7. The average Bonchev–Trinajstić information content (AvgIpc) is 3.14. The van der Waals surface area contributed by atoms with Gasteiger partial charge >= 0.3 is 0 Å². The van der Waals surface area contributed by atoms with Crippen LogP contribution in [0.2, 0.25) is 0 Å². The zero-order valence-corrected chi connectivity index (χ0v) is 19.4. The largest absolute Gasteiger partial charge is 0.507 e. The van der Waals surface area contributed by atoms with Gasteiger partial charge in [0.2, 0.25) is 0 Å². The fraction of sp³-hybridized carbons (Fsp3) is 0.360. The van der Waals surface area contributed by atoms with Gasteiger partial charge in [-0.15, -0.1) is 0 Å². The number of likely N-dealkylation sites (tertiary alicyclic amines) is 1. The average molecular weight is 482 g/mol. The zero-order valence-electron chi connectivity index (χ0n) is 19.4. The van der Waals surface area contributed by atoms with Crippen LogP contribution >= 0.6 is 0 Å². The number of nitro benzene ring substituents is 1. The molecule has 184 valence electrons. The van der Waals surface area contributed by atoms with Crippen molar-refractivity contribution in [2.75, 3.05) is 46.5 Å². The molecule has 1 N–H and O–H groups in total. The summed E-state index contributed by atoms with van der Waals surface area (Å²) in [5.41, 5.74) is 0.429. The van der Waals surface area contributed by atoms with Crippen molar-refractivity contribution in [2.45, 2.75) is 12.5 Å². The minimum atomic E-state index is -0.953. The molecule has 2 aromatic carbocycles. The van der Waals surface area contributed by atoms with E-state index in [2.05, 4.69) is 4.90 Å². The molecule has 35 heavy (non-hydrogen) atoms. The summed E-state index contributed by atoms with van der Waals surface area (Å²) < 4.78 is 10.6. The zero-order chi connectivity index (χ0) is 24.9. The van der Waals surface area contributed by atoms with Gasteiger partial charge in [0.15, 0.2) is 0 Å². The van der Waals surface area contributed by atoms with Gasteiger partial charge in [0.1, 0.15) is 11.5 Å². The smallest absolute Gasteiger partial charge is 0.295 e. The van der Waals surface area contributed by atoms with E-state index >= 15 is 0 Å². The molecule has 1 unspecified atom stereocenters. The third kappa shape index (κ3) is 5.18. The minimum Gasteiger partial charge on any atom is -0.507 e. The van der Waals surface area contributed by atoms with Crippen LogP contribution in [0.15, 0.2) is 54.1 Å². The number of carbonyl (C=O) groups excluding carboxylic acids is 2. The van der Waals surface area contributed by atoms with Gasteiger partial charge in [-0.3, -0.25) is 24.6 Å². The Kier molecular flexibility index (Phi) is 7.42. The SMILES string of the molecule is COc1cccc(/C(O)=C2/C(=O)C(=O)N(CCCN3CCOCC3)C2c2cccc([N+](=O)[O-])c2)c1. The van der Waals surface area contributed by atoms with E-state index in [9.17, 15) is 24.8 Å². The van der Waals surface area contributed by atoms with Crippen LogP contribution in [0.4, 0.5) is 5.69 Å². The maximum Gasteiger partial charge on any atom is 0.295 e. The van der Waals surface area contributed by atoms with Crippen molar-refractivity contribution in [1.29, 1.82) is 0 Å². The molecule has 0 bridgehead atoms. The normalized spacial score (nSPS) is 20.3. The number of ketones is 1. The molecule has 2 aromatic rings. The summed E-state index contributed by atoms with van der Waals surface area (Å²) in [6, 6.07) is 11.4. The topological polar surface area (TPSA) is 122 Å². The van der Waals surface area contributed by atoms with Crippen LogP contribution in [0.5, 0.6) is 5.75 Å². The fourth-order valence-corrected chi connectivity index (χ4v) is 4.48. The minimum absolute atomic E-state index is 0.102. The van der Waals surface area contributed by atoms with E-state index < -0.39 is 22.7 Å². The van der Waals surface area contributed by atoms with Gasteiger partial charge in [-0.2, -0.15) is 0 Å². The van der Waals surface area contributed by atoms with Crippen LogP contribution in [0, 0.1) is 10.1 Å². The first-order chi connectivity index (χ1) is 16.9. The second-order valence-corrected chi connectivity index (χ2v) is 8.38. The number of aliphatic hydroxyl groups is 1. The number of aliphatic hydroxyl groups excluding tert-OH is 1. The highest BCUT2D eigenvalue weighted by atomic mass is 16.6. The summed E-state index contributed by atoms with van der Waals surface area (Å²) in [7, 11) is 1.48. The standard InChI is InChI=1S/C25H27N3O7/c1-34-20-8-3-6-18(16-20)23(29)21-22(17-5-2-7-19(15-17)28(32)33)27(25(31)24(21)30)10-4-9-26-11-13-35-14-12-26/h2-3,5-8,15-16,22,29H,4,9-14H2,1H3/b23-21-. The van der Waals surface area contributed by atoms with Gasteiger partial charge in [-0.25, -0.2) is 0 Å². The quantitative estimate of drug-likeness (QED) is 0.201. The Morgan fingerprint density at radius 2 is 1.89 bits per heavy atom. The first kappa shape index (κ1) is 24.4. The van der Waals surface area contributed by atoms with Gasteiger partial charge < -0.3 is 19.5 Å². The Morgan fingerprint density at radius 3 is 2.60 bits per heavy atom. The van der Waals surface area contributed by atoms with Gasteiger partial charge in [-0.05, 0) is 24.1 Å². The Morgan fingerprint density at radius 1 is 1.14 bits per heavy atom. The van der Waals surface area contributed by atoms with E-state index in [4.69, 9.17) is 9.47 Å². The molecule has 0 radical (unpaired) electrons. The number of hydrogen-bond acceptors (Lipinski definition) is 8. The van der Waals surface area contributed by atoms with E-state index in [0.29, 0.717) is 43.1 Å². The van der Waals surface area contributed by atoms with E-state index in [0.717, 1.165) is 13.1 Å². The molecular weight excluding hydrogens is 454 g/mol. The number of amides is 1. The number of nitro groups is 1. The summed E-state index contributed by atoms with van der Waals surface area (Å²) in [5, 5.41) is 22.6. The van der Waals surface area contributed by atoms with Crippen LogP contribution in [0.1, 0.15) is 23.6 Å². The predicted molar refractivity (Wildman–Crippen MR) is 127 cm³/mol. The number of non-ortho nitro benzene ring substituents is 1. The number of benzene rings is 2. The Balaban J connectivity index is 1.72. The Bertz CT molecular complexity index is 1160. The number of Topliss-reactive ketones (excluding diaryl/α,β-unsaturated/α-hetero) is 1. The molecule has 10 heteroatoms. The van der Waals surface area contributed by atoms with E-state index in [-0.39, 0.29) is 23.6 Å². The van der Waals surface area contributed by atoms with Gasteiger partial charge in [0, 0.05) is 43.9 Å². The molecule has 2 heterocycles. The number of morpholine rings is 1. The molecular formula is C25H27N3O7. The highest BCUT2D eigenvalue weighted by Gasteiger charge is 2.46. The molecule has 4 rings (SSSR count). The number of hydrogen-bond donors (Lipinski definition) is 1. The number of ether oxygens (including phenoxy) is 2. The third-order valence-corrected chi connectivity index (χ3v) is 6.26. The third-order valence-electron chi connectivity index (χ3n) is 6.26. The number of carbonyl (C=O) groups is 2. The lowest BCUT2D eigenvalue weighted by atomic mass is 9.95. The molecule has 2 aliphatic heterocycles. The van der Waals surface area contributed by atoms with Crippen molar-refractivity contribution in [2.24, 2.45) is 0 Å². The van der Waals surface area contributed by atoms with Crippen LogP contribution in [-0.2, 0) is 14.3 Å². The summed E-state index contributed by atoms with van der Waals surface area (Å²) >= 11 is 0. The van der Waals surface area contributed by atoms with Crippen LogP contribution in [0.25, 0.3) is 5.76 Å². The molecule has 10 nitrogen and oxygen atoms in total. The summed E-state index contributed by atoms with van der Waals surface area (Å²) in [6.45, 7) is 3.86. The maximum atomic E-state index is 13.2. The lowest BCUT2D eigenvalue weighted by Crippen LogP contribution is -2.39. The number of rotatable bonds is 8. The van der Waals surface area contributed by atoms with Crippen molar-refractivity contribution in [1.82, 2.24) is 9.80 Å². The fourth-order valence-electron chi connectivity index (χ4n) is 4.48. The van der Waals surface area contributed by atoms with E-state index in [1.807, 2.05) is 0 Å².